The summed E-state index contributed by atoms with van der Waals surface area (Å²) in [7, 11) is 1.77. The Morgan fingerprint density at radius 2 is 1.89 bits per heavy atom. The van der Waals surface area contributed by atoms with Gasteiger partial charge in [0.2, 0.25) is 11.8 Å². The van der Waals surface area contributed by atoms with Gasteiger partial charge >= 0.3 is 5.97 Å². The minimum Gasteiger partial charge on any atom is -0.480 e. The normalized spacial score (nSPS) is 18.3. The molecule has 12 heteroatoms. The second-order valence-corrected chi connectivity index (χ2v) is 8.83. The first-order valence-corrected chi connectivity index (χ1v) is 11.5. The third-order valence-corrected chi connectivity index (χ3v) is 6.54. The lowest BCUT2D eigenvalue weighted by atomic mass is 9.84. The first kappa shape index (κ1) is 30.5. The lowest BCUT2D eigenvalue weighted by molar-refractivity contribution is -0.140. The van der Waals surface area contributed by atoms with Gasteiger partial charge < -0.3 is 25.6 Å². The van der Waals surface area contributed by atoms with E-state index >= 15 is 0 Å². The number of hydrogen-bond donors (Lipinski definition) is 5. The van der Waals surface area contributed by atoms with Gasteiger partial charge in [-0.1, -0.05) is 44.3 Å². The molecule has 196 valence electrons. The maximum atomic E-state index is 13.4. The Balaban J connectivity index is 0.00000306. The van der Waals surface area contributed by atoms with Gasteiger partial charge in [0.25, 0.3) is 0 Å². The van der Waals surface area contributed by atoms with Gasteiger partial charge in [0, 0.05) is 19.3 Å². The third-order valence-electron chi connectivity index (χ3n) is 6.54. The van der Waals surface area contributed by atoms with Gasteiger partial charge in [-0.15, -0.1) is 24.8 Å². The van der Waals surface area contributed by atoms with Crippen molar-refractivity contribution in [2.75, 3.05) is 13.1 Å². The van der Waals surface area contributed by atoms with Crippen LogP contribution >= 0.6 is 24.8 Å². The molecule has 6 N–H and O–H groups in total. The maximum absolute atomic E-state index is 13.4. The number of rotatable bonds is 10. The SMILES string of the molecule is Cl.Cl.Cn1c(CNC(=O)[C@@H]2C=CCN2C(=O)[C@@H](CC2CCCCC2)NCC(=O)O)ccc1C(=N)N. The third kappa shape index (κ3) is 7.98. The molecular weight excluding hydrogens is 495 g/mol. The summed E-state index contributed by atoms with van der Waals surface area (Å²) in [6.45, 7) is 0.246. The van der Waals surface area contributed by atoms with E-state index in [1.807, 2.05) is 0 Å². The first-order valence-electron chi connectivity index (χ1n) is 11.5. The fourth-order valence-electron chi connectivity index (χ4n) is 4.70. The van der Waals surface area contributed by atoms with Crippen molar-refractivity contribution in [2.45, 2.75) is 57.2 Å². The molecule has 2 aliphatic rings. The molecule has 2 heterocycles. The number of nitrogens with one attached hydrogen (secondary N) is 3. The molecule has 1 aliphatic heterocycles. The molecule has 3 rings (SSSR count). The number of nitrogens with zero attached hydrogens (tertiary/aromatic N) is 2. The highest BCUT2D eigenvalue weighted by molar-refractivity contribution is 5.94. The molecular formula is C23H36Cl2N6O4. The number of nitrogens with two attached hydrogens (primary N) is 1. The summed E-state index contributed by atoms with van der Waals surface area (Å²) in [6.07, 6.45) is 9.61. The molecule has 2 atom stereocenters. The van der Waals surface area contributed by atoms with E-state index < -0.39 is 18.1 Å². The molecule has 0 bridgehead atoms. The summed E-state index contributed by atoms with van der Waals surface area (Å²) < 4.78 is 1.74. The minimum absolute atomic E-state index is 0. The van der Waals surface area contributed by atoms with Crippen LogP contribution in [0.2, 0.25) is 0 Å². The van der Waals surface area contributed by atoms with Gasteiger partial charge in [0.05, 0.1) is 24.8 Å². The highest BCUT2D eigenvalue weighted by Crippen LogP contribution is 2.28. The van der Waals surface area contributed by atoms with Crippen LogP contribution in [0.15, 0.2) is 24.3 Å². The van der Waals surface area contributed by atoms with E-state index in [0.29, 0.717) is 24.6 Å². The van der Waals surface area contributed by atoms with Crippen molar-refractivity contribution in [3.05, 3.63) is 35.7 Å². The largest absolute Gasteiger partial charge is 0.480 e. The van der Waals surface area contributed by atoms with Crippen molar-refractivity contribution in [2.24, 2.45) is 18.7 Å². The minimum atomic E-state index is -1.02. The number of halogens is 2. The van der Waals surface area contributed by atoms with Crippen LogP contribution in [-0.4, -0.2) is 63.4 Å². The molecule has 1 aromatic heterocycles. The average molecular weight is 531 g/mol. The van der Waals surface area contributed by atoms with Crippen LogP contribution in [0.25, 0.3) is 0 Å². The van der Waals surface area contributed by atoms with Gasteiger partial charge in [0.15, 0.2) is 0 Å². The Bertz CT molecular complexity index is 929. The second-order valence-electron chi connectivity index (χ2n) is 8.83. The molecule has 0 radical (unpaired) electrons. The summed E-state index contributed by atoms with van der Waals surface area (Å²) in [5.74, 6) is -1.24. The zero-order chi connectivity index (χ0) is 24.0. The monoisotopic (exact) mass is 530 g/mol. The van der Waals surface area contributed by atoms with Crippen LogP contribution in [-0.2, 0) is 28.0 Å². The number of hydrogen-bond acceptors (Lipinski definition) is 5. The Kier molecular flexibility index (Phi) is 12.3. The fourth-order valence-corrected chi connectivity index (χ4v) is 4.70. The average Bonchev–Trinajstić information content (AvgIpc) is 3.42. The zero-order valence-corrected chi connectivity index (χ0v) is 21.5. The smallest absolute Gasteiger partial charge is 0.317 e. The van der Waals surface area contributed by atoms with E-state index in [9.17, 15) is 14.4 Å². The number of aromatic nitrogens is 1. The van der Waals surface area contributed by atoms with Crippen LogP contribution < -0.4 is 16.4 Å². The van der Waals surface area contributed by atoms with Crippen molar-refractivity contribution in [1.29, 1.82) is 5.41 Å². The molecule has 35 heavy (non-hydrogen) atoms. The predicted molar refractivity (Wildman–Crippen MR) is 138 cm³/mol. The quantitative estimate of drug-likeness (QED) is 0.175. The first-order chi connectivity index (χ1) is 15.8. The lowest BCUT2D eigenvalue weighted by Crippen LogP contribution is -2.53. The van der Waals surface area contributed by atoms with Crippen LogP contribution in [0, 0.1) is 11.3 Å². The maximum Gasteiger partial charge on any atom is 0.317 e. The van der Waals surface area contributed by atoms with Crippen molar-refractivity contribution in [3.63, 3.8) is 0 Å². The number of amides is 2. The molecule has 10 nitrogen and oxygen atoms in total. The Morgan fingerprint density at radius 3 is 2.49 bits per heavy atom. The highest BCUT2D eigenvalue weighted by atomic mass is 35.5. The zero-order valence-electron chi connectivity index (χ0n) is 19.9. The van der Waals surface area contributed by atoms with E-state index in [-0.39, 0.29) is 55.6 Å². The van der Waals surface area contributed by atoms with Gasteiger partial charge in [-0.05, 0) is 24.5 Å². The summed E-state index contributed by atoms with van der Waals surface area (Å²) in [5.41, 5.74) is 6.90. The van der Waals surface area contributed by atoms with Crippen molar-refractivity contribution in [3.8, 4) is 0 Å². The van der Waals surface area contributed by atoms with E-state index in [4.69, 9.17) is 16.2 Å². The number of carbonyl (C=O) groups is 3. The standard InChI is InChI=1S/C23H34N6O4.2ClH/c1-28-16(9-10-18(28)21(24)25)13-27-22(32)19-8-5-11-29(19)23(33)17(26-14-20(30)31)12-15-6-3-2-4-7-15;;/h5,8-10,15,17,19,26H,2-4,6-7,11-14H2,1H3,(H3,24,25)(H,27,32)(H,30,31);2*1H/t17-,19+;;/m1../s1. The topological polar surface area (TPSA) is 154 Å². The molecule has 0 unspecified atom stereocenters. The molecule has 2 amide bonds. The van der Waals surface area contributed by atoms with Crippen molar-refractivity contribution < 1.29 is 19.5 Å². The molecule has 1 fully saturated rings. The number of carboxylic acids is 1. The molecule has 0 saturated heterocycles. The van der Waals surface area contributed by atoms with Gasteiger partial charge in [-0.25, -0.2) is 0 Å². The molecule has 0 aromatic carbocycles. The number of carbonyl (C=O) groups excluding carboxylic acids is 2. The number of nitrogen functional groups attached to an aromatic ring is 1. The highest BCUT2D eigenvalue weighted by Gasteiger charge is 2.35. The van der Waals surface area contributed by atoms with Crippen LogP contribution in [0.4, 0.5) is 0 Å². The Morgan fingerprint density at radius 1 is 1.20 bits per heavy atom. The number of amidine groups is 1. The van der Waals surface area contributed by atoms with E-state index in [1.54, 1.807) is 35.9 Å². The Labute approximate surface area is 218 Å². The fraction of sp³-hybridized carbons (Fsp3) is 0.565. The van der Waals surface area contributed by atoms with Crippen LogP contribution in [0.5, 0.6) is 0 Å². The van der Waals surface area contributed by atoms with Crippen LogP contribution in [0.3, 0.4) is 0 Å². The van der Waals surface area contributed by atoms with Gasteiger partial charge in [0.1, 0.15) is 11.9 Å². The van der Waals surface area contributed by atoms with Crippen molar-refractivity contribution >= 4 is 48.4 Å². The van der Waals surface area contributed by atoms with Gasteiger partial charge in [-0.2, -0.15) is 0 Å². The summed E-state index contributed by atoms with van der Waals surface area (Å²) in [5, 5.41) is 22.4. The molecule has 0 spiro atoms. The second kappa shape index (κ2) is 14.1. The molecule has 1 aromatic rings. The summed E-state index contributed by atoms with van der Waals surface area (Å²) in [4.78, 5) is 38.9. The lowest BCUT2D eigenvalue weighted by Gasteiger charge is -2.31. The van der Waals surface area contributed by atoms with Gasteiger partial charge in [-0.3, -0.25) is 25.1 Å². The van der Waals surface area contributed by atoms with E-state index in [1.165, 1.54) is 11.3 Å². The number of aliphatic carboxylic acids is 1. The molecule has 1 saturated carbocycles. The predicted octanol–water partition coefficient (Wildman–Crippen LogP) is 1.55. The van der Waals surface area contributed by atoms with Crippen molar-refractivity contribution in [1.82, 2.24) is 20.1 Å². The van der Waals surface area contributed by atoms with E-state index in [0.717, 1.165) is 31.4 Å². The van der Waals surface area contributed by atoms with E-state index in [2.05, 4.69) is 10.6 Å². The summed E-state index contributed by atoms with van der Waals surface area (Å²) in [6, 6.07) is 2.13. The van der Waals surface area contributed by atoms with Crippen LogP contribution in [0.1, 0.15) is 49.9 Å². The summed E-state index contributed by atoms with van der Waals surface area (Å²) >= 11 is 0. The molecule has 1 aliphatic carbocycles. The number of carboxylic acid groups (broad SMARTS) is 1. The Hall–Kier alpha value is -2.56.